The Labute approximate surface area is 185 Å². The van der Waals surface area contributed by atoms with Gasteiger partial charge in [0, 0.05) is 58.6 Å². The van der Waals surface area contributed by atoms with Crippen LogP contribution in [0.4, 0.5) is 5.95 Å². The fraction of sp³-hybridized carbons (Fsp3) is 0.385. The molecule has 1 saturated heterocycles. The van der Waals surface area contributed by atoms with Gasteiger partial charge in [-0.25, -0.2) is 9.97 Å². The standard InChI is InChI=1S/C26H31N5/c1-2-7-22(8-3-1)19-29-14-6-15-31(18-17-29)26-27-13-11-25(28-26)21-30-16-12-23-9-4-5-10-24(23)20-30/h1-5,7-11,13H,6,12,14-21H2. The highest BCUT2D eigenvalue weighted by molar-refractivity contribution is 5.32. The van der Waals surface area contributed by atoms with Gasteiger partial charge in [-0.1, -0.05) is 54.6 Å². The molecule has 3 aromatic rings. The van der Waals surface area contributed by atoms with Crippen LogP contribution in [0.25, 0.3) is 0 Å². The van der Waals surface area contributed by atoms with Crippen LogP contribution >= 0.6 is 0 Å². The van der Waals surface area contributed by atoms with E-state index in [1.165, 1.54) is 16.7 Å². The number of hydrogen-bond donors (Lipinski definition) is 0. The van der Waals surface area contributed by atoms with Gasteiger partial charge in [0.15, 0.2) is 0 Å². The van der Waals surface area contributed by atoms with Gasteiger partial charge in [-0.3, -0.25) is 9.80 Å². The lowest BCUT2D eigenvalue weighted by atomic mass is 10.00. The van der Waals surface area contributed by atoms with Crippen molar-refractivity contribution in [3.8, 4) is 0 Å². The number of anilines is 1. The van der Waals surface area contributed by atoms with Gasteiger partial charge in [-0.2, -0.15) is 0 Å². The summed E-state index contributed by atoms with van der Waals surface area (Å²) in [5, 5.41) is 0. The van der Waals surface area contributed by atoms with E-state index in [0.29, 0.717) is 0 Å². The molecule has 0 spiro atoms. The molecule has 0 amide bonds. The maximum Gasteiger partial charge on any atom is 0.225 e. The van der Waals surface area contributed by atoms with E-state index in [1.54, 1.807) is 0 Å². The molecule has 2 aromatic carbocycles. The fourth-order valence-corrected chi connectivity index (χ4v) is 4.71. The maximum atomic E-state index is 4.95. The Balaban J connectivity index is 1.20. The Morgan fingerprint density at radius 3 is 2.45 bits per heavy atom. The highest BCUT2D eigenvalue weighted by atomic mass is 15.3. The van der Waals surface area contributed by atoms with Crippen molar-refractivity contribution in [3.63, 3.8) is 0 Å². The van der Waals surface area contributed by atoms with Crippen molar-refractivity contribution in [2.45, 2.75) is 32.5 Å². The molecule has 5 nitrogen and oxygen atoms in total. The Bertz CT molecular complexity index is 990. The molecule has 5 rings (SSSR count). The van der Waals surface area contributed by atoms with E-state index in [2.05, 4.69) is 80.3 Å². The highest BCUT2D eigenvalue weighted by Gasteiger charge is 2.19. The normalized spacial score (nSPS) is 17.9. The molecule has 0 bridgehead atoms. The SMILES string of the molecule is c1ccc(CN2CCCN(c3nccc(CN4CCc5ccccc5C4)n3)CC2)cc1. The van der Waals surface area contributed by atoms with Gasteiger partial charge in [0.2, 0.25) is 5.95 Å². The molecule has 0 atom stereocenters. The molecule has 0 radical (unpaired) electrons. The molecule has 1 fully saturated rings. The second-order valence-electron chi connectivity index (χ2n) is 8.68. The first-order valence-electron chi connectivity index (χ1n) is 11.5. The van der Waals surface area contributed by atoms with Crippen LogP contribution in [0.3, 0.4) is 0 Å². The Morgan fingerprint density at radius 2 is 1.55 bits per heavy atom. The number of benzene rings is 2. The third-order valence-electron chi connectivity index (χ3n) is 6.42. The summed E-state index contributed by atoms with van der Waals surface area (Å²) >= 11 is 0. The number of fused-ring (bicyclic) bond motifs is 1. The number of nitrogens with zero attached hydrogens (tertiary/aromatic N) is 5. The number of aromatic nitrogens is 2. The first kappa shape index (κ1) is 20.2. The smallest absolute Gasteiger partial charge is 0.225 e. The molecule has 2 aliphatic heterocycles. The first-order valence-corrected chi connectivity index (χ1v) is 11.5. The molecule has 0 aliphatic carbocycles. The first-order chi connectivity index (χ1) is 15.3. The summed E-state index contributed by atoms with van der Waals surface area (Å²) in [4.78, 5) is 17.0. The second kappa shape index (κ2) is 9.58. The van der Waals surface area contributed by atoms with Gasteiger partial charge < -0.3 is 4.90 Å². The van der Waals surface area contributed by atoms with Gasteiger partial charge >= 0.3 is 0 Å². The van der Waals surface area contributed by atoms with Crippen LogP contribution in [-0.2, 0) is 26.1 Å². The number of hydrogen-bond acceptors (Lipinski definition) is 5. The molecule has 0 unspecified atom stereocenters. The highest BCUT2D eigenvalue weighted by Crippen LogP contribution is 2.20. The molecular formula is C26H31N5. The van der Waals surface area contributed by atoms with E-state index in [-0.39, 0.29) is 0 Å². The van der Waals surface area contributed by atoms with E-state index >= 15 is 0 Å². The molecule has 1 aromatic heterocycles. The molecule has 2 aliphatic rings. The van der Waals surface area contributed by atoms with Gasteiger partial charge in [0.05, 0.1) is 5.69 Å². The van der Waals surface area contributed by atoms with Crippen molar-refractivity contribution in [2.75, 3.05) is 37.6 Å². The van der Waals surface area contributed by atoms with Crippen LogP contribution in [0, 0.1) is 0 Å². The lowest BCUT2D eigenvalue weighted by molar-refractivity contribution is 0.242. The summed E-state index contributed by atoms with van der Waals surface area (Å²) in [6, 6.07) is 21.6. The van der Waals surface area contributed by atoms with E-state index in [4.69, 9.17) is 4.98 Å². The van der Waals surface area contributed by atoms with E-state index in [1.807, 2.05) is 6.20 Å². The van der Waals surface area contributed by atoms with Crippen molar-refractivity contribution in [1.82, 2.24) is 19.8 Å². The van der Waals surface area contributed by atoms with Gasteiger partial charge in [0.1, 0.15) is 0 Å². The Morgan fingerprint density at radius 1 is 0.710 bits per heavy atom. The van der Waals surface area contributed by atoms with Crippen LogP contribution in [0.1, 0.15) is 28.8 Å². The molecule has 31 heavy (non-hydrogen) atoms. The zero-order valence-corrected chi connectivity index (χ0v) is 18.2. The van der Waals surface area contributed by atoms with Gasteiger partial charge in [-0.05, 0) is 35.6 Å². The van der Waals surface area contributed by atoms with Crippen molar-refractivity contribution in [3.05, 3.63) is 89.2 Å². The van der Waals surface area contributed by atoms with Gasteiger partial charge in [-0.15, -0.1) is 0 Å². The summed E-state index contributed by atoms with van der Waals surface area (Å²) < 4.78 is 0. The maximum absolute atomic E-state index is 4.95. The van der Waals surface area contributed by atoms with Crippen molar-refractivity contribution < 1.29 is 0 Å². The van der Waals surface area contributed by atoms with Crippen LogP contribution in [0.15, 0.2) is 66.9 Å². The van der Waals surface area contributed by atoms with E-state index in [0.717, 1.165) is 76.8 Å². The van der Waals surface area contributed by atoms with Crippen LogP contribution in [0.5, 0.6) is 0 Å². The summed E-state index contributed by atoms with van der Waals surface area (Å²) in [5.74, 6) is 0.886. The summed E-state index contributed by atoms with van der Waals surface area (Å²) in [5.41, 5.74) is 5.45. The summed E-state index contributed by atoms with van der Waals surface area (Å²) in [6.45, 7) is 8.18. The average Bonchev–Trinajstić information content (AvgIpc) is 3.05. The monoisotopic (exact) mass is 413 g/mol. The lowest BCUT2D eigenvalue weighted by Crippen LogP contribution is -2.32. The molecular weight excluding hydrogens is 382 g/mol. The summed E-state index contributed by atoms with van der Waals surface area (Å²) in [7, 11) is 0. The van der Waals surface area contributed by atoms with Crippen LogP contribution in [-0.4, -0.2) is 52.5 Å². The Hall–Kier alpha value is -2.76. The topological polar surface area (TPSA) is 35.5 Å². The fourth-order valence-electron chi connectivity index (χ4n) is 4.71. The largest absolute Gasteiger partial charge is 0.339 e. The quantitative estimate of drug-likeness (QED) is 0.637. The minimum atomic E-state index is 0.886. The molecule has 3 heterocycles. The van der Waals surface area contributed by atoms with Crippen molar-refractivity contribution in [1.29, 1.82) is 0 Å². The van der Waals surface area contributed by atoms with Crippen LogP contribution < -0.4 is 4.90 Å². The third kappa shape index (κ3) is 5.12. The third-order valence-corrected chi connectivity index (χ3v) is 6.42. The molecule has 160 valence electrons. The second-order valence-corrected chi connectivity index (χ2v) is 8.68. The minimum Gasteiger partial charge on any atom is -0.339 e. The minimum absolute atomic E-state index is 0.886. The van der Waals surface area contributed by atoms with Crippen molar-refractivity contribution in [2.24, 2.45) is 0 Å². The Kier molecular flexibility index (Phi) is 6.23. The molecule has 0 N–H and O–H groups in total. The van der Waals surface area contributed by atoms with Crippen LogP contribution in [0.2, 0.25) is 0 Å². The zero-order chi connectivity index (χ0) is 20.9. The predicted octanol–water partition coefficient (Wildman–Crippen LogP) is 3.75. The molecule has 5 heteroatoms. The van der Waals surface area contributed by atoms with E-state index < -0.39 is 0 Å². The van der Waals surface area contributed by atoms with Crippen molar-refractivity contribution >= 4 is 5.95 Å². The summed E-state index contributed by atoms with van der Waals surface area (Å²) in [6.07, 6.45) is 4.20. The van der Waals surface area contributed by atoms with E-state index in [9.17, 15) is 0 Å². The lowest BCUT2D eigenvalue weighted by Gasteiger charge is -2.28. The average molecular weight is 414 g/mol. The molecule has 0 saturated carbocycles. The predicted molar refractivity (Wildman–Crippen MR) is 125 cm³/mol. The zero-order valence-electron chi connectivity index (χ0n) is 18.2. The van der Waals surface area contributed by atoms with Gasteiger partial charge in [0.25, 0.3) is 0 Å². The number of rotatable bonds is 5.